The van der Waals surface area contributed by atoms with Crippen molar-refractivity contribution in [2.45, 2.75) is 26.4 Å². The summed E-state index contributed by atoms with van der Waals surface area (Å²) in [4.78, 5) is 20.6. The number of aliphatic carboxylic acids is 2. The van der Waals surface area contributed by atoms with Crippen LogP contribution in [0.25, 0.3) is 22.1 Å². The van der Waals surface area contributed by atoms with E-state index in [9.17, 15) is 0 Å². The van der Waals surface area contributed by atoms with E-state index in [0.29, 0.717) is 0 Å². The maximum absolute atomic E-state index is 9.10. The second-order valence-electron chi connectivity index (χ2n) is 9.11. The van der Waals surface area contributed by atoms with Crippen LogP contribution in [0.5, 0.6) is 17.2 Å². The van der Waals surface area contributed by atoms with Gasteiger partial charge in [0.1, 0.15) is 17.1 Å². The molecule has 0 bridgehead atoms. The van der Waals surface area contributed by atoms with Crippen molar-refractivity contribution in [1.82, 2.24) is 4.90 Å². The molecule has 1 aliphatic rings. The standard InChI is InChI=1S/C28H29NO4.C2H2O4/c1-18-28(19-8-6-5-7-9-19)23-15-24(30-2)22(14-25(23)33-18)17-29-11-10-20-12-26(31-3)27(32-4)13-21(20)16-29;3-1(4)2(5)6/h5-9,12-15H,10-11,16-17H2,1-4H3;(H,3,4)(H,5,6). The van der Waals surface area contributed by atoms with Gasteiger partial charge in [0.15, 0.2) is 11.5 Å². The van der Waals surface area contributed by atoms with Crippen LogP contribution >= 0.6 is 0 Å². The van der Waals surface area contributed by atoms with E-state index in [4.69, 9.17) is 38.4 Å². The number of rotatable bonds is 6. The first kappa shape index (κ1) is 27.5. The number of hydrogen-bond acceptors (Lipinski definition) is 7. The minimum atomic E-state index is -1.82. The third-order valence-electron chi connectivity index (χ3n) is 6.70. The van der Waals surface area contributed by atoms with Crippen LogP contribution in [0.1, 0.15) is 22.5 Å². The Balaban J connectivity index is 0.000000531. The van der Waals surface area contributed by atoms with E-state index in [0.717, 1.165) is 76.7 Å². The molecule has 0 radical (unpaired) electrons. The van der Waals surface area contributed by atoms with E-state index in [1.807, 2.05) is 13.0 Å². The fourth-order valence-corrected chi connectivity index (χ4v) is 4.88. The van der Waals surface area contributed by atoms with Gasteiger partial charge >= 0.3 is 11.9 Å². The van der Waals surface area contributed by atoms with Gasteiger partial charge in [-0.3, -0.25) is 4.90 Å². The van der Waals surface area contributed by atoms with E-state index in [-0.39, 0.29) is 0 Å². The van der Waals surface area contributed by atoms with Crippen LogP contribution in [0, 0.1) is 6.92 Å². The van der Waals surface area contributed by atoms with Crippen LogP contribution in [0.4, 0.5) is 0 Å². The maximum Gasteiger partial charge on any atom is 0.414 e. The number of carboxylic acid groups (broad SMARTS) is 2. The molecule has 0 amide bonds. The number of benzene rings is 3. The highest BCUT2D eigenvalue weighted by Gasteiger charge is 2.22. The average molecular weight is 534 g/mol. The first-order valence-electron chi connectivity index (χ1n) is 12.3. The first-order valence-corrected chi connectivity index (χ1v) is 12.3. The van der Waals surface area contributed by atoms with Crippen LogP contribution in [0.2, 0.25) is 0 Å². The van der Waals surface area contributed by atoms with Gasteiger partial charge in [-0.25, -0.2) is 9.59 Å². The largest absolute Gasteiger partial charge is 0.496 e. The summed E-state index contributed by atoms with van der Waals surface area (Å²) in [5.74, 6) is -0.275. The molecule has 0 atom stereocenters. The number of aryl methyl sites for hydroxylation is 1. The molecular formula is C30H31NO8. The van der Waals surface area contributed by atoms with Crippen LogP contribution < -0.4 is 14.2 Å². The number of hydrogen-bond donors (Lipinski definition) is 2. The van der Waals surface area contributed by atoms with Crippen molar-refractivity contribution in [3.63, 3.8) is 0 Å². The molecule has 0 saturated heterocycles. The minimum Gasteiger partial charge on any atom is -0.496 e. The van der Waals surface area contributed by atoms with Gasteiger partial charge in [-0.05, 0) is 54.3 Å². The van der Waals surface area contributed by atoms with Crippen molar-refractivity contribution in [3.8, 4) is 28.4 Å². The van der Waals surface area contributed by atoms with Crippen LogP contribution in [-0.4, -0.2) is 54.9 Å². The van der Waals surface area contributed by atoms with Crippen molar-refractivity contribution in [3.05, 3.63) is 77.0 Å². The fourth-order valence-electron chi connectivity index (χ4n) is 4.88. The zero-order valence-electron chi connectivity index (χ0n) is 22.3. The summed E-state index contributed by atoms with van der Waals surface area (Å²) in [5, 5.41) is 15.9. The Kier molecular flexibility index (Phi) is 8.41. The molecule has 0 fully saturated rings. The summed E-state index contributed by atoms with van der Waals surface area (Å²) in [6, 6.07) is 18.8. The monoisotopic (exact) mass is 533 g/mol. The number of carbonyl (C=O) groups is 2. The molecule has 39 heavy (non-hydrogen) atoms. The van der Waals surface area contributed by atoms with Crippen molar-refractivity contribution < 1.29 is 38.4 Å². The van der Waals surface area contributed by atoms with Crippen LogP contribution in [0.3, 0.4) is 0 Å². The molecule has 5 rings (SSSR count). The maximum atomic E-state index is 9.10. The van der Waals surface area contributed by atoms with Gasteiger partial charge in [0, 0.05) is 36.1 Å². The molecule has 9 nitrogen and oxygen atoms in total. The second kappa shape index (κ2) is 11.9. The lowest BCUT2D eigenvalue weighted by atomic mass is 9.97. The summed E-state index contributed by atoms with van der Waals surface area (Å²) in [6.45, 7) is 4.63. The number of carboxylic acids is 2. The normalized spacial score (nSPS) is 12.7. The van der Waals surface area contributed by atoms with Crippen molar-refractivity contribution in [2.75, 3.05) is 27.9 Å². The summed E-state index contributed by atoms with van der Waals surface area (Å²) in [6.07, 6.45) is 0.970. The average Bonchev–Trinajstić information content (AvgIpc) is 3.26. The highest BCUT2D eigenvalue weighted by Crippen LogP contribution is 2.39. The number of ether oxygens (including phenoxy) is 3. The van der Waals surface area contributed by atoms with Gasteiger partial charge in [0.2, 0.25) is 0 Å². The molecule has 2 N–H and O–H groups in total. The molecule has 1 aromatic heterocycles. The molecular weight excluding hydrogens is 502 g/mol. The molecule has 0 aliphatic carbocycles. The van der Waals surface area contributed by atoms with Crippen LogP contribution in [-0.2, 0) is 29.1 Å². The van der Waals surface area contributed by atoms with E-state index < -0.39 is 11.9 Å². The zero-order valence-corrected chi connectivity index (χ0v) is 22.3. The lowest BCUT2D eigenvalue weighted by Gasteiger charge is -2.30. The van der Waals surface area contributed by atoms with Gasteiger partial charge in [-0.15, -0.1) is 0 Å². The van der Waals surface area contributed by atoms with Crippen molar-refractivity contribution in [2.24, 2.45) is 0 Å². The SMILES string of the molecule is COc1cc2c(-c3ccccc3)c(C)oc2cc1CN1CCc2cc(OC)c(OC)cc2C1.O=C(O)C(=O)O. The summed E-state index contributed by atoms with van der Waals surface area (Å²) in [5.41, 5.74) is 6.90. The highest BCUT2D eigenvalue weighted by atomic mass is 16.5. The highest BCUT2D eigenvalue weighted by molar-refractivity contribution is 6.27. The number of nitrogens with zero attached hydrogens (tertiary/aromatic N) is 1. The Hall–Kier alpha value is -4.50. The Morgan fingerprint density at radius 1 is 0.872 bits per heavy atom. The van der Waals surface area contributed by atoms with Crippen molar-refractivity contribution >= 4 is 22.9 Å². The molecule has 0 spiro atoms. The molecule has 0 saturated carbocycles. The molecule has 2 heterocycles. The smallest absolute Gasteiger partial charge is 0.414 e. The van der Waals surface area contributed by atoms with Crippen molar-refractivity contribution in [1.29, 1.82) is 0 Å². The van der Waals surface area contributed by atoms with E-state index in [1.54, 1.807) is 21.3 Å². The quantitative estimate of drug-likeness (QED) is 0.324. The molecule has 204 valence electrons. The van der Waals surface area contributed by atoms with Gasteiger partial charge in [-0.1, -0.05) is 30.3 Å². The molecule has 1 aliphatic heterocycles. The molecule has 0 unspecified atom stereocenters. The Morgan fingerprint density at radius 2 is 1.49 bits per heavy atom. The Labute approximate surface area is 226 Å². The topological polar surface area (TPSA) is 119 Å². The van der Waals surface area contributed by atoms with Gasteiger partial charge in [0.25, 0.3) is 0 Å². The van der Waals surface area contributed by atoms with E-state index in [1.165, 1.54) is 11.1 Å². The third kappa shape index (κ3) is 5.99. The van der Waals surface area contributed by atoms with E-state index >= 15 is 0 Å². The predicted molar refractivity (Wildman–Crippen MR) is 146 cm³/mol. The summed E-state index contributed by atoms with van der Waals surface area (Å²) < 4.78 is 23.0. The minimum absolute atomic E-state index is 0.775. The molecule has 9 heteroatoms. The van der Waals surface area contributed by atoms with Crippen LogP contribution in [0.15, 0.2) is 59.0 Å². The Bertz CT molecular complexity index is 1480. The fraction of sp³-hybridized carbons (Fsp3) is 0.267. The summed E-state index contributed by atoms with van der Waals surface area (Å²) >= 11 is 0. The van der Waals surface area contributed by atoms with Gasteiger partial charge in [-0.2, -0.15) is 0 Å². The second-order valence-corrected chi connectivity index (χ2v) is 9.11. The van der Waals surface area contributed by atoms with E-state index in [2.05, 4.69) is 53.4 Å². The third-order valence-corrected chi connectivity index (χ3v) is 6.70. The number of furan rings is 1. The lowest BCUT2D eigenvalue weighted by Crippen LogP contribution is -2.30. The number of fused-ring (bicyclic) bond motifs is 2. The first-order chi connectivity index (χ1) is 18.7. The lowest BCUT2D eigenvalue weighted by molar-refractivity contribution is -0.159. The summed E-state index contributed by atoms with van der Waals surface area (Å²) in [7, 11) is 5.10. The predicted octanol–water partition coefficient (Wildman–Crippen LogP) is 5.15. The van der Waals surface area contributed by atoms with Gasteiger partial charge in [0.05, 0.1) is 21.3 Å². The molecule has 3 aromatic carbocycles. The zero-order chi connectivity index (χ0) is 28.1. The number of methoxy groups -OCH3 is 3. The Morgan fingerprint density at radius 3 is 2.08 bits per heavy atom. The van der Waals surface area contributed by atoms with Gasteiger partial charge < -0.3 is 28.8 Å². The molecule has 4 aromatic rings.